The first-order valence-electron chi connectivity index (χ1n) is 11.1. The number of ether oxygens (including phenoxy) is 4. The minimum Gasteiger partial charge on any atom is -0.463 e. The smallest absolute Gasteiger partial charge is 0.303 e. The average Bonchev–Trinajstić information content (AvgIpc) is 3.37. The van der Waals surface area contributed by atoms with Crippen LogP contribution in [-0.2, 0) is 39.9 Å². The number of halogens is 2. The van der Waals surface area contributed by atoms with Gasteiger partial charge in [0, 0.05) is 55.5 Å². The Morgan fingerprint density at radius 3 is 2.46 bits per heavy atom. The van der Waals surface area contributed by atoms with Crippen molar-refractivity contribution in [3.63, 3.8) is 0 Å². The second kappa shape index (κ2) is 11.3. The second-order valence-electron chi connectivity index (χ2n) is 8.13. The number of esters is 3. The van der Waals surface area contributed by atoms with E-state index in [1.54, 1.807) is 18.2 Å². The molecule has 0 radical (unpaired) electrons. The van der Waals surface area contributed by atoms with Crippen LogP contribution in [0, 0.1) is 9.65 Å². The van der Waals surface area contributed by atoms with Gasteiger partial charge in [-0.25, -0.2) is 19.3 Å². The number of aromatic nitrogens is 4. The number of carbonyl (C=O) groups excluding carboxylic acids is 3. The molecule has 196 valence electrons. The van der Waals surface area contributed by atoms with Gasteiger partial charge >= 0.3 is 17.9 Å². The van der Waals surface area contributed by atoms with Gasteiger partial charge in [-0.2, -0.15) is 0 Å². The lowest BCUT2D eigenvalue weighted by atomic mass is 10.1. The molecule has 3 aromatic rings. The lowest BCUT2D eigenvalue weighted by molar-refractivity contribution is -0.166. The standard InChI is InChI=1S/C23H23FIN5O7/c1-11(31)34-9-16-18(35-12(2)32)19(36-13(3)33)22(37-16)30-10-27-17-20(28-23(25)29-21(17)30)26-8-14-6-4-5-7-15(14)24/h4-7,10,16,18-19,22H,8-9H2,1-3H3,(H,26,28,29). The molecule has 1 aliphatic heterocycles. The first-order chi connectivity index (χ1) is 17.6. The van der Waals surface area contributed by atoms with Gasteiger partial charge in [-0.05, 0) is 6.07 Å². The molecule has 3 heterocycles. The molecule has 0 amide bonds. The molecule has 14 heteroatoms. The van der Waals surface area contributed by atoms with Crippen LogP contribution in [0.25, 0.3) is 11.2 Å². The van der Waals surface area contributed by atoms with E-state index in [1.807, 2.05) is 22.6 Å². The van der Waals surface area contributed by atoms with Crippen LogP contribution in [0.5, 0.6) is 0 Å². The molecule has 1 N–H and O–H groups in total. The zero-order chi connectivity index (χ0) is 26.7. The van der Waals surface area contributed by atoms with Crippen LogP contribution in [0.1, 0.15) is 32.6 Å². The zero-order valence-electron chi connectivity index (χ0n) is 20.0. The fraction of sp³-hybridized carbons (Fsp3) is 0.391. The number of fused-ring (bicyclic) bond motifs is 1. The summed E-state index contributed by atoms with van der Waals surface area (Å²) in [4.78, 5) is 48.4. The van der Waals surface area contributed by atoms with Crippen molar-refractivity contribution in [2.45, 2.75) is 51.9 Å². The van der Waals surface area contributed by atoms with E-state index in [4.69, 9.17) is 18.9 Å². The van der Waals surface area contributed by atoms with E-state index in [9.17, 15) is 18.8 Å². The summed E-state index contributed by atoms with van der Waals surface area (Å²) >= 11 is 1.93. The van der Waals surface area contributed by atoms with Gasteiger partial charge in [0.15, 0.2) is 39.2 Å². The highest BCUT2D eigenvalue weighted by molar-refractivity contribution is 14.1. The van der Waals surface area contributed by atoms with Crippen LogP contribution in [0.3, 0.4) is 0 Å². The van der Waals surface area contributed by atoms with Gasteiger partial charge in [0.2, 0.25) is 0 Å². The third kappa shape index (κ3) is 6.12. The van der Waals surface area contributed by atoms with Gasteiger partial charge in [-0.3, -0.25) is 19.0 Å². The van der Waals surface area contributed by atoms with Crippen molar-refractivity contribution in [1.29, 1.82) is 0 Å². The Hall–Kier alpha value is -3.40. The lowest BCUT2D eigenvalue weighted by Gasteiger charge is -2.23. The molecular formula is C23H23FIN5O7. The first-order valence-corrected chi connectivity index (χ1v) is 12.2. The zero-order valence-corrected chi connectivity index (χ0v) is 22.2. The minimum atomic E-state index is -1.10. The third-order valence-corrected chi connectivity index (χ3v) is 5.90. The van der Waals surface area contributed by atoms with Crippen LogP contribution < -0.4 is 5.32 Å². The lowest BCUT2D eigenvalue weighted by Crippen LogP contribution is -2.40. The van der Waals surface area contributed by atoms with Gasteiger partial charge in [-0.15, -0.1) is 0 Å². The Bertz CT molecular complexity index is 1340. The summed E-state index contributed by atoms with van der Waals surface area (Å²) in [6, 6.07) is 6.35. The molecule has 1 aromatic carbocycles. The predicted molar refractivity (Wildman–Crippen MR) is 133 cm³/mol. The largest absolute Gasteiger partial charge is 0.463 e. The molecule has 0 aliphatic carbocycles. The Balaban J connectivity index is 1.70. The molecule has 37 heavy (non-hydrogen) atoms. The first kappa shape index (κ1) is 26.7. The maximum Gasteiger partial charge on any atom is 0.303 e. The normalized spacial score (nSPS) is 21.0. The van der Waals surface area contributed by atoms with E-state index in [-0.39, 0.29) is 19.0 Å². The van der Waals surface area contributed by atoms with Crippen LogP contribution in [0.4, 0.5) is 10.2 Å². The highest BCUT2D eigenvalue weighted by Crippen LogP contribution is 2.36. The van der Waals surface area contributed by atoms with E-state index in [0.717, 1.165) is 0 Å². The summed E-state index contributed by atoms with van der Waals surface area (Å²) in [6.45, 7) is 3.56. The Kier molecular flexibility index (Phi) is 8.16. The van der Waals surface area contributed by atoms with Crippen LogP contribution >= 0.6 is 22.6 Å². The maximum atomic E-state index is 14.1. The number of anilines is 1. The number of hydrogen-bond donors (Lipinski definition) is 1. The summed E-state index contributed by atoms with van der Waals surface area (Å²) in [5, 5.41) is 3.08. The van der Waals surface area contributed by atoms with Crippen molar-refractivity contribution in [2.24, 2.45) is 0 Å². The molecule has 0 spiro atoms. The Labute approximate surface area is 224 Å². The second-order valence-corrected chi connectivity index (χ2v) is 9.09. The quantitative estimate of drug-likeness (QED) is 0.170. The molecule has 0 bridgehead atoms. The monoisotopic (exact) mass is 627 g/mol. The van der Waals surface area contributed by atoms with E-state index in [0.29, 0.717) is 26.4 Å². The van der Waals surface area contributed by atoms with Gasteiger partial charge in [0.1, 0.15) is 18.5 Å². The predicted octanol–water partition coefficient (Wildman–Crippen LogP) is 2.51. The third-order valence-electron chi connectivity index (χ3n) is 5.41. The molecule has 4 atom stereocenters. The Morgan fingerprint density at radius 1 is 1.08 bits per heavy atom. The number of hydrogen-bond acceptors (Lipinski definition) is 11. The number of benzene rings is 1. The van der Waals surface area contributed by atoms with E-state index in [2.05, 4.69) is 20.3 Å². The van der Waals surface area contributed by atoms with Gasteiger partial charge in [-0.1, -0.05) is 18.2 Å². The fourth-order valence-corrected chi connectivity index (χ4v) is 4.41. The number of imidazole rings is 1. The van der Waals surface area contributed by atoms with Crippen molar-refractivity contribution in [2.75, 3.05) is 11.9 Å². The summed E-state index contributed by atoms with van der Waals surface area (Å²) in [6.07, 6.45) is -2.70. The number of nitrogens with one attached hydrogen (secondary N) is 1. The van der Waals surface area contributed by atoms with Gasteiger partial charge in [0.25, 0.3) is 0 Å². The summed E-state index contributed by atoms with van der Waals surface area (Å²) in [5.41, 5.74) is 1.12. The summed E-state index contributed by atoms with van der Waals surface area (Å²) in [5.74, 6) is -1.83. The molecule has 1 fully saturated rings. The fourth-order valence-electron chi connectivity index (χ4n) is 3.94. The van der Waals surface area contributed by atoms with Crippen molar-refractivity contribution < 1.29 is 37.7 Å². The van der Waals surface area contributed by atoms with Crippen LogP contribution in [-0.4, -0.2) is 62.3 Å². The SMILES string of the molecule is CC(=O)OCC1OC(n2cnc3c(NCc4ccccc4F)nc(I)nc32)C(OC(C)=O)C1OC(C)=O. The molecule has 1 saturated heterocycles. The summed E-state index contributed by atoms with van der Waals surface area (Å²) in [7, 11) is 0. The summed E-state index contributed by atoms with van der Waals surface area (Å²) < 4.78 is 38.0. The molecule has 4 unspecified atom stereocenters. The maximum absolute atomic E-state index is 14.1. The average molecular weight is 627 g/mol. The topological polar surface area (TPSA) is 144 Å². The van der Waals surface area contributed by atoms with Crippen LogP contribution in [0.2, 0.25) is 0 Å². The molecule has 12 nitrogen and oxygen atoms in total. The van der Waals surface area contributed by atoms with Crippen molar-refractivity contribution in [3.05, 3.63) is 45.8 Å². The van der Waals surface area contributed by atoms with Crippen LogP contribution in [0.15, 0.2) is 30.6 Å². The number of rotatable bonds is 8. The Morgan fingerprint density at radius 2 is 1.78 bits per heavy atom. The van der Waals surface area contributed by atoms with Crippen molar-refractivity contribution >= 4 is 57.5 Å². The molecular weight excluding hydrogens is 604 g/mol. The molecule has 2 aromatic heterocycles. The van der Waals surface area contributed by atoms with E-state index in [1.165, 1.54) is 37.7 Å². The van der Waals surface area contributed by atoms with Crippen molar-refractivity contribution in [3.8, 4) is 0 Å². The molecule has 1 aliphatic rings. The van der Waals surface area contributed by atoms with Gasteiger partial charge in [0.05, 0.1) is 6.33 Å². The van der Waals surface area contributed by atoms with E-state index >= 15 is 0 Å². The minimum absolute atomic E-state index is 0.150. The number of nitrogens with zero attached hydrogens (tertiary/aromatic N) is 4. The highest BCUT2D eigenvalue weighted by atomic mass is 127. The molecule has 4 rings (SSSR count). The molecule has 0 saturated carbocycles. The number of carbonyl (C=O) groups is 3. The van der Waals surface area contributed by atoms with E-state index < -0.39 is 42.4 Å². The van der Waals surface area contributed by atoms with Crippen molar-refractivity contribution in [1.82, 2.24) is 19.5 Å². The highest BCUT2D eigenvalue weighted by Gasteiger charge is 2.51. The van der Waals surface area contributed by atoms with Gasteiger partial charge < -0.3 is 24.3 Å².